The molecule has 1 amide bonds. The second kappa shape index (κ2) is 6.26. The van der Waals surface area contributed by atoms with Crippen molar-refractivity contribution in [3.63, 3.8) is 0 Å². The van der Waals surface area contributed by atoms with Crippen molar-refractivity contribution < 1.29 is 18.0 Å². The van der Waals surface area contributed by atoms with E-state index in [1.807, 2.05) is 0 Å². The van der Waals surface area contributed by atoms with Crippen molar-refractivity contribution in [1.29, 1.82) is 0 Å². The van der Waals surface area contributed by atoms with Crippen LogP contribution in [-0.2, 0) is 6.18 Å². The number of halogens is 3. The molecule has 0 N–H and O–H groups in total. The van der Waals surface area contributed by atoms with Gasteiger partial charge in [0, 0.05) is 56.1 Å². The number of carbonyl (C=O) groups is 1. The third-order valence-corrected chi connectivity index (χ3v) is 5.08. The van der Waals surface area contributed by atoms with Crippen LogP contribution in [0, 0.1) is 11.8 Å². The fourth-order valence-corrected chi connectivity index (χ4v) is 3.90. The lowest BCUT2D eigenvalue weighted by atomic mass is 10.0. The molecule has 1 aromatic carbocycles. The molecular formula is C18H17F3N4O. The number of amides is 1. The van der Waals surface area contributed by atoms with Crippen LogP contribution in [0.5, 0.6) is 0 Å². The second-order valence-electron chi connectivity index (χ2n) is 6.72. The van der Waals surface area contributed by atoms with E-state index in [2.05, 4.69) is 9.97 Å². The molecule has 26 heavy (non-hydrogen) atoms. The highest BCUT2D eigenvalue weighted by atomic mass is 19.4. The van der Waals surface area contributed by atoms with Gasteiger partial charge in [0.25, 0.3) is 5.91 Å². The molecule has 5 nitrogen and oxygen atoms in total. The van der Waals surface area contributed by atoms with Crippen LogP contribution in [0.15, 0.2) is 42.7 Å². The lowest BCUT2D eigenvalue weighted by Crippen LogP contribution is -2.34. The summed E-state index contributed by atoms with van der Waals surface area (Å²) >= 11 is 0. The molecule has 2 fully saturated rings. The zero-order valence-corrected chi connectivity index (χ0v) is 13.9. The summed E-state index contributed by atoms with van der Waals surface area (Å²) in [6.07, 6.45) is -1.33. The van der Waals surface area contributed by atoms with E-state index in [-0.39, 0.29) is 29.3 Å². The van der Waals surface area contributed by atoms with Crippen molar-refractivity contribution >= 4 is 11.6 Å². The number of para-hydroxylation sites is 1. The first-order valence-electron chi connectivity index (χ1n) is 8.41. The largest absolute Gasteiger partial charge is 0.418 e. The molecule has 2 saturated heterocycles. The number of nitrogens with zero attached hydrogens (tertiary/aromatic N) is 4. The highest BCUT2D eigenvalue weighted by Gasteiger charge is 2.44. The Labute approximate surface area is 148 Å². The Balaban J connectivity index is 1.47. The maximum atomic E-state index is 13.3. The van der Waals surface area contributed by atoms with Gasteiger partial charge in [0.05, 0.1) is 5.56 Å². The number of hydrogen-bond acceptors (Lipinski definition) is 4. The number of fused-ring (bicyclic) bond motifs is 1. The third kappa shape index (κ3) is 3.00. The van der Waals surface area contributed by atoms with Crippen LogP contribution in [0.3, 0.4) is 0 Å². The minimum atomic E-state index is -4.37. The Morgan fingerprint density at radius 2 is 1.58 bits per heavy atom. The van der Waals surface area contributed by atoms with Crippen molar-refractivity contribution in [1.82, 2.24) is 14.9 Å². The predicted octanol–water partition coefficient (Wildman–Crippen LogP) is 2.70. The molecule has 0 saturated carbocycles. The fourth-order valence-electron chi connectivity index (χ4n) is 3.90. The molecule has 2 aliphatic heterocycles. The third-order valence-electron chi connectivity index (χ3n) is 5.08. The van der Waals surface area contributed by atoms with Crippen LogP contribution in [-0.4, -0.2) is 47.0 Å². The zero-order chi connectivity index (χ0) is 18.3. The van der Waals surface area contributed by atoms with Gasteiger partial charge in [-0.3, -0.25) is 4.79 Å². The van der Waals surface area contributed by atoms with Crippen LogP contribution < -0.4 is 4.90 Å². The summed E-state index contributed by atoms with van der Waals surface area (Å²) in [5.41, 5.74) is -0.385. The Hall–Kier alpha value is -2.64. The normalized spacial score (nSPS) is 22.6. The van der Waals surface area contributed by atoms with E-state index in [1.165, 1.54) is 24.5 Å². The lowest BCUT2D eigenvalue weighted by molar-refractivity contribution is -0.137. The van der Waals surface area contributed by atoms with E-state index in [1.54, 1.807) is 21.9 Å². The molecule has 2 aliphatic rings. The molecule has 0 radical (unpaired) electrons. The number of alkyl halides is 3. The van der Waals surface area contributed by atoms with Gasteiger partial charge in [0.1, 0.15) is 0 Å². The van der Waals surface area contributed by atoms with Gasteiger partial charge >= 0.3 is 6.18 Å². The van der Waals surface area contributed by atoms with Crippen molar-refractivity contribution in [2.75, 3.05) is 31.1 Å². The molecule has 0 aliphatic carbocycles. The van der Waals surface area contributed by atoms with Crippen molar-refractivity contribution in [2.45, 2.75) is 6.18 Å². The van der Waals surface area contributed by atoms with E-state index in [0.29, 0.717) is 26.2 Å². The van der Waals surface area contributed by atoms with Crippen LogP contribution in [0.25, 0.3) is 0 Å². The van der Waals surface area contributed by atoms with E-state index < -0.39 is 11.7 Å². The number of anilines is 1. The topological polar surface area (TPSA) is 49.3 Å². The summed E-state index contributed by atoms with van der Waals surface area (Å²) in [6.45, 7) is 2.06. The zero-order valence-electron chi connectivity index (χ0n) is 13.9. The Bertz CT molecular complexity index is 798. The number of hydrogen-bond donors (Lipinski definition) is 0. The number of carbonyl (C=O) groups excluding carboxylic acids is 1. The fraction of sp³-hybridized carbons (Fsp3) is 0.389. The summed E-state index contributed by atoms with van der Waals surface area (Å²) in [6, 6.07) is 7.31. The van der Waals surface area contributed by atoms with Gasteiger partial charge in [-0.05, 0) is 18.2 Å². The summed E-state index contributed by atoms with van der Waals surface area (Å²) in [5.74, 6) is 0.252. The molecular weight excluding hydrogens is 345 g/mol. The summed E-state index contributed by atoms with van der Waals surface area (Å²) < 4.78 is 39.8. The van der Waals surface area contributed by atoms with E-state index in [9.17, 15) is 18.0 Å². The Morgan fingerprint density at radius 1 is 0.962 bits per heavy atom. The monoisotopic (exact) mass is 362 g/mol. The SMILES string of the molecule is O=C(c1ncccn1)N1C[C@@H]2CN(c3ccccc3C(F)(F)F)C[C@@H]2C1. The first-order valence-corrected chi connectivity index (χ1v) is 8.41. The standard InChI is InChI=1S/C18H17F3N4O/c19-18(20,21)14-4-1-2-5-15(14)24-8-12-10-25(11-13(12)9-24)17(26)16-22-6-3-7-23-16/h1-7,12-13H,8-11H2/t12-,13+. The molecule has 2 aromatic rings. The number of likely N-dealkylation sites (tertiary alicyclic amines) is 1. The first-order chi connectivity index (χ1) is 12.4. The average Bonchev–Trinajstić information content (AvgIpc) is 3.20. The van der Waals surface area contributed by atoms with Gasteiger partial charge in [-0.25, -0.2) is 9.97 Å². The van der Waals surface area contributed by atoms with E-state index in [4.69, 9.17) is 0 Å². The maximum Gasteiger partial charge on any atom is 0.418 e. The lowest BCUT2D eigenvalue weighted by Gasteiger charge is -2.25. The highest BCUT2D eigenvalue weighted by Crippen LogP contribution is 2.40. The van der Waals surface area contributed by atoms with E-state index in [0.717, 1.165) is 6.07 Å². The smallest absolute Gasteiger partial charge is 0.370 e. The molecule has 2 atom stereocenters. The molecule has 136 valence electrons. The maximum absolute atomic E-state index is 13.3. The van der Waals surface area contributed by atoms with E-state index >= 15 is 0 Å². The first kappa shape index (κ1) is 16.8. The Kier molecular flexibility index (Phi) is 4.05. The van der Waals surface area contributed by atoms with Crippen LogP contribution in [0.2, 0.25) is 0 Å². The Morgan fingerprint density at radius 3 is 2.19 bits per heavy atom. The quantitative estimate of drug-likeness (QED) is 0.824. The van der Waals surface area contributed by atoms with Crippen molar-refractivity contribution in [2.24, 2.45) is 11.8 Å². The van der Waals surface area contributed by atoms with Gasteiger partial charge in [0.2, 0.25) is 5.82 Å². The molecule has 0 bridgehead atoms. The van der Waals surface area contributed by atoms with Crippen LogP contribution >= 0.6 is 0 Å². The molecule has 3 heterocycles. The second-order valence-corrected chi connectivity index (χ2v) is 6.72. The van der Waals surface area contributed by atoms with Crippen molar-refractivity contribution in [3.05, 3.63) is 54.1 Å². The molecule has 8 heteroatoms. The number of aromatic nitrogens is 2. The molecule has 1 aromatic heterocycles. The summed E-state index contributed by atoms with van der Waals surface area (Å²) in [4.78, 5) is 23.9. The molecule has 0 spiro atoms. The summed E-state index contributed by atoms with van der Waals surface area (Å²) in [7, 11) is 0. The minimum absolute atomic E-state index is 0.156. The average molecular weight is 362 g/mol. The molecule has 4 rings (SSSR count). The van der Waals surface area contributed by atoms with Gasteiger partial charge in [0.15, 0.2) is 0 Å². The van der Waals surface area contributed by atoms with Crippen LogP contribution in [0.1, 0.15) is 16.2 Å². The highest BCUT2D eigenvalue weighted by molar-refractivity contribution is 5.90. The number of rotatable bonds is 2. The van der Waals surface area contributed by atoms with Gasteiger partial charge in [-0.15, -0.1) is 0 Å². The van der Waals surface area contributed by atoms with Gasteiger partial charge in [-0.1, -0.05) is 12.1 Å². The minimum Gasteiger partial charge on any atom is -0.370 e. The number of benzene rings is 1. The molecule has 0 unspecified atom stereocenters. The van der Waals surface area contributed by atoms with Gasteiger partial charge in [-0.2, -0.15) is 13.2 Å². The summed E-state index contributed by atoms with van der Waals surface area (Å²) in [5, 5.41) is 0. The predicted molar refractivity (Wildman–Crippen MR) is 88.6 cm³/mol. The van der Waals surface area contributed by atoms with Crippen LogP contribution in [0.4, 0.5) is 18.9 Å². The van der Waals surface area contributed by atoms with Crippen molar-refractivity contribution in [3.8, 4) is 0 Å². The van der Waals surface area contributed by atoms with Gasteiger partial charge < -0.3 is 9.80 Å².